The van der Waals surface area contributed by atoms with E-state index in [1.165, 1.54) is 64.5 Å². The van der Waals surface area contributed by atoms with Crippen molar-refractivity contribution >= 4 is 16.9 Å². The highest BCUT2D eigenvalue weighted by Gasteiger charge is 2.38. The molecule has 1 amide bonds. The van der Waals surface area contributed by atoms with Crippen LogP contribution in [0.1, 0.15) is 61.7 Å². The van der Waals surface area contributed by atoms with Crippen molar-refractivity contribution in [3.8, 4) is 0 Å². The van der Waals surface area contributed by atoms with E-state index in [-0.39, 0.29) is 11.4 Å². The number of nitrogens with one attached hydrogen (secondary N) is 1. The third-order valence-corrected chi connectivity index (χ3v) is 6.12. The SMILES string of the molecule is O=C(NCC1(N2CCCCC2)CCCCC1)c1ccc2nccnc2c1. The molecule has 0 atom stereocenters. The fourth-order valence-electron chi connectivity index (χ4n) is 4.63. The van der Waals surface area contributed by atoms with E-state index in [0.29, 0.717) is 5.56 Å². The first-order chi connectivity index (χ1) is 12.8. The molecule has 2 aliphatic rings. The van der Waals surface area contributed by atoms with Crippen molar-refractivity contribution < 1.29 is 4.79 Å². The summed E-state index contributed by atoms with van der Waals surface area (Å²) in [4.78, 5) is 24.0. The van der Waals surface area contributed by atoms with Crippen LogP contribution in [0.4, 0.5) is 0 Å². The van der Waals surface area contributed by atoms with Gasteiger partial charge in [0.25, 0.3) is 5.91 Å². The van der Waals surface area contributed by atoms with E-state index in [9.17, 15) is 4.79 Å². The van der Waals surface area contributed by atoms with Crippen LogP contribution in [-0.4, -0.2) is 45.9 Å². The molecule has 1 aliphatic carbocycles. The Morgan fingerprint density at radius 3 is 2.42 bits per heavy atom. The number of hydrogen-bond donors (Lipinski definition) is 1. The number of rotatable bonds is 4. The molecule has 1 aliphatic heterocycles. The van der Waals surface area contributed by atoms with E-state index in [1.807, 2.05) is 18.2 Å². The van der Waals surface area contributed by atoms with Gasteiger partial charge in [0.05, 0.1) is 11.0 Å². The molecule has 1 N–H and O–H groups in total. The number of likely N-dealkylation sites (tertiary alicyclic amines) is 1. The molecule has 2 aromatic rings. The molecule has 1 saturated carbocycles. The molecule has 0 unspecified atom stereocenters. The number of carbonyl (C=O) groups is 1. The summed E-state index contributed by atoms with van der Waals surface area (Å²) in [6, 6.07) is 5.56. The molecule has 4 rings (SSSR count). The van der Waals surface area contributed by atoms with Crippen molar-refractivity contribution in [3.63, 3.8) is 0 Å². The minimum Gasteiger partial charge on any atom is -0.350 e. The Hall–Kier alpha value is -2.01. The van der Waals surface area contributed by atoms with Crippen LogP contribution in [0.2, 0.25) is 0 Å². The summed E-state index contributed by atoms with van der Waals surface area (Å²) in [5.41, 5.74) is 2.41. The third-order valence-electron chi connectivity index (χ3n) is 6.12. The Labute approximate surface area is 155 Å². The fraction of sp³-hybridized carbons (Fsp3) is 0.571. The Kier molecular flexibility index (Phi) is 5.16. The van der Waals surface area contributed by atoms with Crippen molar-refractivity contribution in [1.82, 2.24) is 20.2 Å². The van der Waals surface area contributed by atoms with Crippen LogP contribution in [-0.2, 0) is 0 Å². The number of fused-ring (bicyclic) bond motifs is 1. The van der Waals surface area contributed by atoms with Gasteiger partial charge in [0.2, 0.25) is 0 Å². The first kappa shape index (κ1) is 17.4. The molecule has 1 saturated heterocycles. The summed E-state index contributed by atoms with van der Waals surface area (Å²) < 4.78 is 0. The monoisotopic (exact) mass is 352 g/mol. The largest absolute Gasteiger partial charge is 0.350 e. The second-order valence-electron chi connectivity index (χ2n) is 7.78. The van der Waals surface area contributed by atoms with Crippen LogP contribution in [0.3, 0.4) is 0 Å². The zero-order valence-corrected chi connectivity index (χ0v) is 15.4. The van der Waals surface area contributed by atoms with Crippen LogP contribution in [0.25, 0.3) is 11.0 Å². The van der Waals surface area contributed by atoms with Crippen LogP contribution in [0.5, 0.6) is 0 Å². The molecule has 5 heteroatoms. The van der Waals surface area contributed by atoms with Gasteiger partial charge in [-0.1, -0.05) is 25.7 Å². The maximum atomic E-state index is 12.8. The van der Waals surface area contributed by atoms with Gasteiger partial charge >= 0.3 is 0 Å². The molecule has 138 valence electrons. The Balaban J connectivity index is 1.48. The lowest BCUT2D eigenvalue weighted by Crippen LogP contribution is -2.58. The van der Waals surface area contributed by atoms with E-state index in [2.05, 4.69) is 20.2 Å². The first-order valence-corrected chi connectivity index (χ1v) is 10.0. The summed E-state index contributed by atoms with van der Waals surface area (Å²) in [7, 11) is 0. The summed E-state index contributed by atoms with van der Waals surface area (Å²) in [5, 5.41) is 3.24. The summed E-state index contributed by atoms with van der Waals surface area (Å²) >= 11 is 0. The van der Waals surface area contributed by atoms with Gasteiger partial charge in [-0.05, 0) is 57.0 Å². The van der Waals surface area contributed by atoms with Gasteiger partial charge in [-0.2, -0.15) is 0 Å². The Morgan fingerprint density at radius 1 is 0.962 bits per heavy atom. The maximum Gasteiger partial charge on any atom is 0.251 e. The van der Waals surface area contributed by atoms with Gasteiger partial charge in [0.1, 0.15) is 0 Å². The maximum absolute atomic E-state index is 12.8. The summed E-state index contributed by atoms with van der Waals surface area (Å²) in [6.07, 6.45) is 13.6. The smallest absolute Gasteiger partial charge is 0.251 e. The zero-order chi connectivity index (χ0) is 17.8. The van der Waals surface area contributed by atoms with Crippen LogP contribution in [0, 0.1) is 0 Å². The normalized spacial score (nSPS) is 20.8. The summed E-state index contributed by atoms with van der Waals surface area (Å²) in [5.74, 6) is -0.000453. The van der Waals surface area contributed by atoms with Gasteiger partial charge in [-0.15, -0.1) is 0 Å². The van der Waals surface area contributed by atoms with E-state index < -0.39 is 0 Å². The standard InChI is InChI=1S/C21H28N4O/c26-20(17-7-8-18-19(15-17)23-12-11-22-18)24-16-21(9-3-1-4-10-21)25-13-5-2-6-14-25/h7-8,11-12,15H,1-6,9-10,13-14,16H2,(H,24,26). The third kappa shape index (κ3) is 3.58. The zero-order valence-electron chi connectivity index (χ0n) is 15.4. The number of nitrogens with zero attached hydrogens (tertiary/aromatic N) is 3. The minimum atomic E-state index is -0.000453. The van der Waals surface area contributed by atoms with Gasteiger partial charge in [0.15, 0.2) is 0 Å². The Bertz CT molecular complexity index is 763. The van der Waals surface area contributed by atoms with Gasteiger partial charge < -0.3 is 5.32 Å². The van der Waals surface area contributed by atoms with Gasteiger partial charge in [-0.3, -0.25) is 19.7 Å². The number of piperidine rings is 1. The Morgan fingerprint density at radius 2 is 1.65 bits per heavy atom. The van der Waals surface area contributed by atoms with E-state index in [1.54, 1.807) is 12.4 Å². The molecule has 26 heavy (non-hydrogen) atoms. The topological polar surface area (TPSA) is 58.1 Å². The van der Waals surface area contributed by atoms with E-state index >= 15 is 0 Å². The molecular formula is C21H28N4O. The second-order valence-corrected chi connectivity index (χ2v) is 7.78. The minimum absolute atomic E-state index is 0.000453. The highest BCUT2D eigenvalue weighted by molar-refractivity contribution is 5.97. The molecule has 0 radical (unpaired) electrons. The average Bonchev–Trinajstić information content (AvgIpc) is 2.73. The number of benzene rings is 1. The molecule has 0 bridgehead atoms. The van der Waals surface area contributed by atoms with Crippen molar-refractivity contribution in [2.24, 2.45) is 0 Å². The highest BCUT2D eigenvalue weighted by atomic mass is 16.1. The van der Waals surface area contributed by atoms with Crippen molar-refractivity contribution in [1.29, 1.82) is 0 Å². The quantitative estimate of drug-likeness (QED) is 0.914. The average molecular weight is 352 g/mol. The fourth-order valence-corrected chi connectivity index (χ4v) is 4.63. The van der Waals surface area contributed by atoms with Crippen molar-refractivity contribution in [3.05, 3.63) is 36.2 Å². The number of aromatic nitrogens is 2. The van der Waals surface area contributed by atoms with Crippen LogP contribution >= 0.6 is 0 Å². The van der Waals surface area contributed by atoms with Gasteiger partial charge in [-0.25, -0.2) is 0 Å². The lowest BCUT2D eigenvalue weighted by Gasteiger charge is -2.48. The predicted molar refractivity (Wildman–Crippen MR) is 103 cm³/mol. The molecule has 1 aromatic carbocycles. The second kappa shape index (κ2) is 7.70. The van der Waals surface area contributed by atoms with Crippen molar-refractivity contribution in [2.75, 3.05) is 19.6 Å². The van der Waals surface area contributed by atoms with E-state index in [4.69, 9.17) is 0 Å². The number of hydrogen-bond acceptors (Lipinski definition) is 4. The van der Waals surface area contributed by atoms with Crippen LogP contribution in [0.15, 0.2) is 30.6 Å². The molecule has 0 spiro atoms. The first-order valence-electron chi connectivity index (χ1n) is 10.0. The lowest BCUT2D eigenvalue weighted by molar-refractivity contribution is 0.0326. The molecule has 2 heterocycles. The predicted octanol–water partition coefficient (Wildman–Crippen LogP) is 3.55. The molecule has 5 nitrogen and oxygen atoms in total. The number of amides is 1. The van der Waals surface area contributed by atoms with Crippen molar-refractivity contribution in [2.45, 2.75) is 56.9 Å². The van der Waals surface area contributed by atoms with Gasteiger partial charge in [0, 0.05) is 30.0 Å². The van der Waals surface area contributed by atoms with E-state index in [0.717, 1.165) is 17.6 Å². The van der Waals surface area contributed by atoms with Crippen LogP contribution < -0.4 is 5.32 Å². The highest BCUT2D eigenvalue weighted by Crippen LogP contribution is 2.35. The molecule has 2 fully saturated rings. The molecule has 1 aromatic heterocycles. The lowest BCUT2D eigenvalue weighted by atomic mass is 9.79. The molecular weight excluding hydrogens is 324 g/mol. The number of carbonyl (C=O) groups excluding carboxylic acids is 1. The summed E-state index contributed by atoms with van der Waals surface area (Å²) in [6.45, 7) is 3.12.